The zero-order chi connectivity index (χ0) is 17.6. The fraction of sp³-hybridized carbons (Fsp3) is 0.333. The van der Waals surface area contributed by atoms with Gasteiger partial charge in [-0.1, -0.05) is 24.4 Å². The van der Waals surface area contributed by atoms with Gasteiger partial charge >= 0.3 is 0 Å². The van der Waals surface area contributed by atoms with Crippen molar-refractivity contribution in [2.45, 2.75) is 6.04 Å². The lowest BCUT2D eigenvalue weighted by atomic mass is 10.0. The number of morpholine rings is 1. The van der Waals surface area contributed by atoms with Gasteiger partial charge < -0.3 is 15.0 Å². The smallest absolute Gasteiger partial charge is 0.254 e. The summed E-state index contributed by atoms with van der Waals surface area (Å²) in [6.07, 6.45) is 1.69. The molecule has 25 heavy (non-hydrogen) atoms. The van der Waals surface area contributed by atoms with E-state index in [-0.39, 0.29) is 17.8 Å². The van der Waals surface area contributed by atoms with Crippen LogP contribution in [0, 0.1) is 10.5 Å². The van der Waals surface area contributed by atoms with Crippen molar-refractivity contribution in [3.05, 3.63) is 64.2 Å². The molecule has 132 valence electrons. The zero-order valence-electron chi connectivity index (χ0n) is 13.7. The second-order valence-electron chi connectivity index (χ2n) is 5.84. The monoisotopic (exact) mass is 361 g/mol. The molecule has 7 heteroatoms. The average Bonchev–Trinajstić information content (AvgIpc) is 2.64. The molecule has 0 spiro atoms. The van der Waals surface area contributed by atoms with Gasteiger partial charge in [0.15, 0.2) is 0 Å². The third-order valence-corrected chi connectivity index (χ3v) is 4.60. The number of ether oxygens (including phenoxy) is 1. The topological polar surface area (TPSA) is 57.4 Å². The van der Waals surface area contributed by atoms with Gasteiger partial charge in [-0.25, -0.2) is 4.39 Å². The zero-order valence-corrected chi connectivity index (χ0v) is 14.5. The summed E-state index contributed by atoms with van der Waals surface area (Å²) in [6, 6.07) is 9.79. The Morgan fingerprint density at radius 2 is 2.00 bits per heavy atom. The molecule has 0 bridgehead atoms. The van der Waals surface area contributed by atoms with E-state index in [1.807, 2.05) is 0 Å². The number of H-pyrrole nitrogens is 1. The lowest BCUT2D eigenvalue weighted by Crippen LogP contribution is -2.43. The van der Waals surface area contributed by atoms with Gasteiger partial charge in [-0.2, -0.15) is 0 Å². The molecule has 1 aliphatic heterocycles. The first-order valence-corrected chi connectivity index (χ1v) is 8.59. The van der Waals surface area contributed by atoms with Crippen LogP contribution in [0.15, 0.2) is 42.6 Å². The van der Waals surface area contributed by atoms with Crippen LogP contribution in [0.5, 0.6) is 0 Å². The van der Waals surface area contributed by atoms with Gasteiger partial charge in [-0.05, 0) is 29.8 Å². The lowest BCUT2D eigenvalue weighted by molar-refractivity contribution is 0.0162. The molecule has 0 aliphatic carbocycles. The summed E-state index contributed by atoms with van der Waals surface area (Å²) < 4.78 is 19.1. The normalized spacial score (nSPS) is 16.4. The summed E-state index contributed by atoms with van der Waals surface area (Å²) in [5, 5.41) is 2.95. The highest BCUT2D eigenvalue weighted by molar-refractivity contribution is 7.71. The number of hydrogen-bond donors (Lipinski definition) is 2. The SMILES string of the molecule is O=C(NCC(c1ccc(F)cc1)N1CCOCC1)c1ccc[nH]c1=S. The molecule has 1 saturated heterocycles. The Kier molecular flexibility index (Phi) is 5.91. The van der Waals surface area contributed by atoms with Crippen molar-refractivity contribution in [3.8, 4) is 0 Å². The number of aromatic amines is 1. The summed E-state index contributed by atoms with van der Waals surface area (Å²) in [7, 11) is 0. The van der Waals surface area contributed by atoms with E-state index < -0.39 is 0 Å². The highest BCUT2D eigenvalue weighted by atomic mass is 32.1. The first kappa shape index (κ1) is 17.7. The Morgan fingerprint density at radius 3 is 2.68 bits per heavy atom. The Morgan fingerprint density at radius 1 is 1.28 bits per heavy atom. The van der Waals surface area contributed by atoms with Crippen LogP contribution < -0.4 is 5.32 Å². The van der Waals surface area contributed by atoms with Crippen LogP contribution in [0.3, 0.4) is 0 Å². The van der Waals surface area contributed by atoms with Crippen LogP contribution >= 0.6 is 12.2 Å². The van der Waals surface area contributed by atoms with E-state index in [4.69, 9.17) is 17.0 Å². The largest absolute Gasteiger partial charge is 0.379 e. The Labute approximate surface area is 150 Å². The van der Waals surface area contributed by atoms with Crippen LogP contribution in [-0.2, 0) is 4.74 Å². The van der Waals surface area contributed by atoms with Gasteiger partial charge in [0, 0.05) is 25.8 Å². The molecule has 1 amide bonds. The second kappa shape index (κ2) is 8.33. The number of benzene rings is 1. The van der Waals surface area contributed by atoms with Crippen molar-refractivity contribution in [2.24, 2.45) is 0 Å². The molecule has 1 fully saturated rings. The number of nitrogens with one attached hydrogen (secondary N) is 2. The van der Waals surface area contributed by atoms with Crippen molar-refractivity contribution in [1.29, 1.82) is 0 Å². The fourth-order valence-corrected chi connectivity index (χ4v) is 3.15. The number of carbonyl (C=O) groups excluding carboxylic acids is 1. The molecule has 5 nitrogen and oxygen atoms in total. The molecular weight excluding hydrogens is 341 g/mol. The summed E-state index contributed by atoms with van der Waals surface area (Å²) in [6.45, 7) is 3.24. The van der Waals surface area contributed by atoms with Gasteiger partial charge in [0.05, 0.1) is 24.8 Å². The minimum Gasteiger partial charge on any atom is -0.379 e. The van der Waals surface area contributed by atoms with Gasteiger partial charge in [-0.3, -0.25) is 9.69 Å². The number of carbonyl (C=O) groups is 1. The Balaban J connectivity index is 1.75. The third kappa shape index (κ3) is 4.50. The third-order valence-electron chi connectivity index (χ3n) is 4.26. The maximum absolute atomic E-state index is 13.3. The minimum atomic E-state index is -0.274. The van der Waals surface area contributed by atoms with E-state index in [0.29, 0.717) is 30.0 Å². The predicted octanol–water partition coefficient (Wildman–Crippen LogP) is 2.69. The van der Waals surface area contributed by atoms with Gasteiger partial charge in [0.2, 0.25) is 0 Å². The molecule has 3 rings (SSSR count). The quantitative estimate of drug-likeness (QED) is 0.804. The molecule has 2 aromatic rings. The van der Waals surface area contributed by atoms with Gasteiger partial charge in [0.25, 0.3) is 5.91 Å². The van der Waals surface area contributed by atoms with E-state index >= 15 is 0 Å². The number of rotatable bonds is 5. The van der Waals surface area contributed by atoms with Crippen molar-refractivity contribution in [3.63, 3.8) is 0 Å². The van der Waals surface area contributed by atoms with E-state index in [0.717, 1.165) is 18.7 Å². The van der Waals surface area contributed by atoms with Crippen LogP contribution in [0.25, 0.3) is 0 Å². The van der Waals surface area contributed by atoms with E-state index in [2.05, 4.69) is 15.2 Å². The van der Waals surface area contributed by atoms with Crippen molar-refractivity contribution in [2.75, 3.05) is 32.8 Å². The van der Waals surface area contributed by atoms with Gasteiger partial charge in [-0.15, -0.1) is 0 Å². The number of amides is 1. The molecule has 1 aliphatic rings. The molecule has 1 unspecified atom stereocenters. The van der Waals surface area contributed by atoms with Crippen molar-refractivity contribution < 1.29 is 13.9 Å². The van der Waals surface area contributed by atoms with E-state index in [1.54, 1.807) is 30.5 Å². The van der Waals surface area contributed by atoms with E-state index in [1.165, 1.54) is 12.1 Å². The molecule has 0 saturated carbocycles. The standard InChI is InChI=1S/C18H20FN3O2S/c19-14-5-3-13(4-6-14)16(22-8-10-24-11-9-22)12-21-17(23)15-2-1-7-20-18(15)25/h1-7,16H,8-12H2,(H,20,25)(H,21,23). The summed E-state index contributed by atoms with van der Waals surface area (Å²) in [5.41, 5.74) is 1.40. The molecule has 2 heterocycles. The van der Waals surface area contributed by atoms with Crippen LogP contribution in [0.2, 0.25) is 0 Å². The minimum absolute atomic E-state index is 0.0466. The molecular formula is C18H20FN3O2S. The molecule has 1 atom stereocenters. The lowest BCUT2D eigenvalue weighted by Gasteiger charge is -2.35. The number of hydrogen-bond acceptors (Lipinski definition) is 4. The average molecular weight is 361 g/mol. The number of halogens is 1. The second-order valence-corrected chi connectivity index (χ2v) is 6.25. The van der Waals surface area contributed by atoms with Crippen LogP contribution in [-0.4, -0.2) is 48.6 Å². The first-order chi connectivity index (χ1) is 12.1. The maximum atomic E-state index is 13.3. The number of nitrogens with zero attached hydrogens (tertiary/aromatic N) is 1. The molecule has 1 aromatic carbocycles. The maximum Gasteiger partial charge on any atom is 0.254 e. The Bertz CT molecular complexity index is 772. The summed E-state index contributed by atoms with van der Waals surface area (Å²) in [4.78, 5) is 17.5. The van der Waals surface area contributed by atoms with Crippen LogP contribution in [0.1, 0.15) is 22.0 Å². The summed E-state index contributed by atoms with van der Waals surface area (Å²) in [5.74, 6) is -0.494. The van der Waals surface area contributed by atoms with Crippen LogP contribution in [0.4, 0.5) is 4.39 Å². The number of aromatic nitrogens is 1. The van der Waals surface area contributed by atoms with Crippen molar-refractivity contribution in [1.82, 2.24) is 15.2 Å². The molecule has 2 N–H and O–H groups in total. The Hall–Kier alpha value is -2.09. The number of pyridine rings is 1. The highest BCUT2D eigenvalue weighted by Gasteiger charge is 2.23. The highest BCUT2D eigenvalue weighted by Crippen LogP contribution is 2.22. The predicted molar refractivity (Wildman–Crippen MR) is 95.5 cm³/mol. The fourth-order valence-electron chi connectivity index (χ4n) is 2.92. The van der Waals surface area contributed by atoms with Gasteiger partial charge in [0.1, 0.15) is 10.5 Å². The molecule has 1 aromatic heterocycles. The first-order valence-electron chi connectivity index (χ1n) is 8.18. The summed E-state index contributed by atoms with van der Waals surface area (Å²) >= 11 is 5.16. The van der Waals surface area contributed by atoms with Crippen molar-refractivity contribution >= 4 is 18.1 Å². The molecule has 0 radical (unpaired) electrons. The van der Waals surface area contributed by atoms with E-state index in [9.17, 15) is 9.18 Å².